The Morgan fingerprint density at radius 1 is 1.00 bits per heavy atom. The summed E-state index contributed by atoms with van der Waals surface area (Å²) in [6.45, 7) is 7.64. The maximum atomic E-state index is 12.6. The number of amides is 3. The fourth-order valence-corrected chi connectivity index (χ4v) is 3.80. The van der Waals surface area contributed by atoms with Crippen molar-refractivity contribution in [2.24, 2.45) is 5.41 Å². The minimum Gasteiger partial charge on any atom is -0.444 e. The number of nitrogens with one attached hydrogen (secondary N) is 1. The molecule has 10 heteroatoms. The van der Waals surface area contributed by atoms with E-state index in [1.807, 2.05) is 20.8 Å². The fraction of sp³-hybridized carbons (Fsp3) is 0.600. The third-order valence-electron chi connectivity index (χ3n) is 5.15. The largest absolute Gasteiger partial charge is 0.573 e. The van der Waals surface area contributed by atoms with Crippen molar-refractivity contribution in [3.8, 4) is 5.75 Å². The van der Waals surface area contributed by atoms with Crippen LogP contribution in [0.2, 0.25) is 0 Å². The van der Waals surface area contributed by atoms with E-state index >= 15 is 0 Å². The van der Waals surface area contributed by atoms with Crippen LogP contribution >= 0.6 is 0 Å². The van der Waals surface area contributed by atoms with Gasteiger partial charge < -0.3 is 24.6 Å². The summed E-state index contributed by atoms with van der Waals surface area (Å²) >= 11 is 0. The highest BCUT2D eigenvalue weighted by atomic mass is 19.4. The molecule has 0 aromatic heterocycles. The molecule has 30 heavy (non-hydrogen) atoms. The predicted octanol–water partition coefficient (Wildman–Crippen LogP) is 4.45. The van der Waals surface area contributed by atoms with E-state index in [0.29, 0.717) is 31.9 Å². The maximum absolute atomic E-state index is 12.6. The van der Waals surface area contributed by atoms with E-state index in [9.17, 15) is 22.8 Å². The molecule has 2 aliphatic rings. The molecular weight excluding hydrogens is 403 g/mol. The summed E-state index contributed by atoms with van der Waals surface area (Å²) in [5.41, 5.74) is -0.342. The number of halogens is 3. The summed E-state index contributed by atoms with van der Waals surface area (Å²) in [7, 11) is 0. The highest BCUT2D eigenvalue weighted by Gasteiger charge is 2.46. The number of hydrogen-bond acceptors (Lipinski definition) is 4. The third-order valence-corrected chi connectivity index (χ3v) is 5.15. The average molecular weight is 429 g/mol. The van der Waals surface area contributed by atoms with Gasteiger partial charge in [0.15, 0.2) is 0 Å². The minimum absolute atomic E-state index is 0.154. The molecule has 166 valence electrons. The SMILES string of the molecule is CC(C)(C)OC(=O)N1CCC2(CCN(C(=O)Nc3ccc(OC(F)(F)F)cc3)C2)C1. The van der Waals surface area contributed by atoms with Crippen molar-refractivity contribution < 1.29 is 32.2 Å². The topological polar surface area (TPSA) is 71.1 Å². The van der Waals surface area contributed by atoms with E-state index in [0.717, 1.165) is 25.0 Å². The normalized spacial score (nSPS) is 21.8. The Kier molecular flexibility index (Phi) is 5.79. The monoisotopic (exact) mass is 429 g/mol. The van der Waals surface area contributed by atoms with E-state index in [2.05, 4.69) is 10.1 Å². The number of alkyl halides is 3. The van der Waals surface area contributed by atoms with E-state index in [1.54, 1.807) is 9.80 Å². The zero-order chi connectivity index (χ0) is 22.2. The summed E-state index contributed by atoms with van der Waals surface area (Å²) in [5.74, 6) is -0.353. The van der Waals surface area contributed by atoms with Crippen molar-refractivity contribution in [2.75, 3.05) is 31.5 Å². The summed E-state index contributed by atoms with van der Waals surface area (Å²) < 4.78 is 45.9. The van der Waals surface area contributed by atoms with E-state index in [1.165, 1.54) is 12.1 Å². The molecule has 2 saturated heterocycles. The number of carbonyl (C=O) groups excluding carboxylic acids is 2. The molecule has 0 saturated carbocycles. The van der Waals surface area contributed by atoms with Gasteiger partial charge in [-0.15, -0.1) is 13.2 Å². The van der Waals surface area contributed by atoms with E-state index in [-0.39, 0.29) is 23.3 Å². The van der Waals surface area contributed by atoms with Crippen LogP contribution in [0.15, 0.2) is 24.3 Å². The van der Waals surface area contributed by atoms with Gasteiger partial charge in [0.1, 0.15) is 11.4 Å². The molecule has 2 fully saturated rings. The van der Waals surface area contributed by atoms with Crippen LogP contribution in [0.4, 0.5) is 28.4 Å². The highest BCUT2D eigenvalue weighted by molar-refractivity contribution is 5.89. The van der Waals surface area contributed by atoms with Crippen LogP contribution in [0.3, 0.4) is 0 Å². The van der Waals surface area contributed by atoms with Crippen molar-refractivity contribution in [3.05, 3.63) is 24.3 Å². The van der Waals surface area contributed by atoms with Crippen molar-refractivity contribution >= 4 is 17.8 Å². The lowest BCUT2D eigenvalue weighted by Gasteiger charge is -2.27. The predicted molar refractivity (Wildman–Crippen MR) is 103 cm³/mol. The van der Waals surface area contributed by atoms with Gasteiger partial charge in [0, 0.05) is 37.3 Å². The molecule has 1 spiro atoms. The van der Waals surface area contributed by atoms with Crippen LogP contribution < -0.4 is 10.1 Å². The third kappa shape index (κ3) is 5.70. The second-order valence-corrected chi connectivity index (χ2v) is 8.83. The molecule has 0 bridgehead atoms. The van der Waals surface area contributed by atoms with Crippen molar-refractivity contribution in [2.45, 2.75) is 45.6 Å². The van der Waals surface area contributed by atoms with E-state index < -0.39 is 12.0 Å². The molecule has 0 aliphatic carbocycles. The first-order valence-corrected chi connectivity index (χ1v) is 9.74. The summed E-state index contributed by atoms with van der Waals surface area (Å²) in [6.07, 6.45) is -3.54. The van der Waals surface area contributed by atoms with Crippen LogP contribution in [-0.4, -0.2) is 60.1 Å². The lowest BCUT2D eigenvalue weighted by molar-refractivity contribution is -0.274. The van der Waals surface area contributed by atoms with Gasteiger partial charge in [-0.1, -0.05) is 0 Å². The average Bonchev–Trinajstić information content (AvgIpc) is 3.21. The first-order chi connectivity index (χ1) is 13.8. The van der Waals surface area contributed by atoms with Crippen LogP contribution in [0.25, 0.3) is 0 Å². The first kappa shape index (κ1) is 22.0. The molecular formula is C20H26F3N3O4. The van der Waals surface area contributed by atoms with Gasteiger partial charge in [-0.2, -0.15) is 0 Å². The minimum atomic E-state index is -4.76. The molecule has 7 nitrogen and oxygen atoms in total. The second kappa shape index (κ2) is 7.88. The highest BCUT2D eigenvalue weighted by Crippen LogP contribution is 2.40. The maximum Gasteiger partial charge on any atom is 0.573 e. The number of urea groups is 1. The number of ether oxygens (including phenoxy) is 2. The standard InChI is InChI=1S/C20H26F3N3O4/c1-18(2,3)30-17(28)26-11-9-19(13-26)8-10-25(12-19)16(27)24-14-4-6-15(7-5-14)29-20(21,22)23/h4-7H,8-13H2,1-3H3,(H,24,27). The van der Waals surface area contributed by atoms with Crippen LogP contribution in [-0.2, 0) is 4.74 Å². The smallest absolute Gasteiger partial charge is 0.444 e. The molecule has 0 radical (unpaired) electrons. The Morgan fingerprint density at radius 3 is 2.13 bits per heavy atom. The van der Waals surface area contributed by atoms with Crippen molar-refractivity contribution in [1.29, 1.82) is 0 Å². The lowest BCUT2D eigenvalue weighted by Crippen LogP contribution is -2.39. The van der Waals surface area contributed by atoms with Gasteiger partial charge in [-0.25, -0.2) is 9.59 Å². The number of benzene rings is 1. The fourth-order valence-electron chi connectivity index (χ4n) is 3.80. The zero-order valence-electron chi connectivity index (χ0n) is 17.2. The molecule has 3 amide bonds. The zero-order valence-corrected chi connectivity index (χ0v) is 17.2. The summed E-state index contributed by atoms with van der Waals surface area (Å²) in [4.78, 5) is 28.2. The molecule has 1 aromatic rings. The Hall–Kier alpha value is -2.65. The Balaban J connectivity index is 1.53. The molecule has 1 aromatic carbocycles. The van der Waals surface area contributed by atoms with Gasteiger partial charge in [-0.05, 0) is 57.9 Å². The van der Waals surface area contributed by atoms with Crippen molar-refractivity contribution in [1.82, 2.24) is 9.80 Å². The summed E-state index contributed by atoms with van der Waals surface area (Å²) in [6, 6.07) is 4.66. The number of hydrogen-bond donors (Lipinski definition) is 1. The van der Waals surface area contributed by atoms with Crippen LogP contribution in [0.1, 0.15) is 33.6 Å². The number of nitrogens with zero attached hydrogens (tertiary/aromatic N) is 2. The number of rotatable bonds is 2. The van der Waals surface area contributed by atoms with Crippen LogP contribution in [0, 0.1) is 5.41 Å². The number of carbonyl (C=O) groups is 2. The van der Waals surface area contributed by atoms with Gasteiger partial charge in [0.2, 0.25) is 0 Å². The Morgan fingerprint density at radius 2 is 1.57 bits per heavy atom. The number of likely N-dealkylation sites (tertiary alicyclic amines) is 2. The molecule has 1 atom stereocenters. The lowest BCUT2D eigenvalue weighted by atomic mass is 9.86. The van der Waals surface area contributed by atoms with Gasteiger partial charge in [0.25, 0.3) is 0 Å². The second-order valence-electron chi connectivity index (χ2n) is 8.83. The van der Waals surface area contributed by atoms with Gasteiger partial charge >= 0.3 is 18.5 Å². The Bertz CT molecular complexity index is 792. The molecule has 1 unspecified atom stereocenters. The van der Waals surface area contributed by atoms with Gasteiger partial charge in [0.05, 0.1) is 0 Å². The van der Waals surface area contributed by atoms with E-state index in [4.69, 9.17) is 4.74 Å². The quantitative estimate of drug-likeness (QED) is 0.754. The molecule has 2 aliphatic heterocycles. The molecule has 1 N–H and O–H groups in total. The summed E-state index contributed by atoms with van der Waals surface area (Å²) in [5, 5.41) is 2.69. The van der Waals surface area contributed by atoms with Gasteiger partial charge in [-0.3, -0.25) is 0 Å². The Labute approximate surface area is 173 Å². The molecule has 3 rings (SSSR count). The number of anilines is 1. The van der Waals surface area contributed by atoms with Crippen LogP contribution in [0.5, 0.6) is 5.75 Å². The first-order valence-electron chi connectivity index (χ1n) is 9.74. The molecule has 2 heterocycles. The van der Waals surface area contributed by atoms with Crippen molar-refractivity contribution in [3.63, 3.8) is 0 Å².